The lowest BCUT2D eigenvalue weighted by molar-refractivity contribution is 0.292. The molecule has 7 heteroatoms. The molecule has 1 fully saturated rings. The molecular weight excluding hydrogens is 363 g/mol. The normalized spacial score (nSPS) is 13.9. The summed E-state index contributed by atoms with van der Waals surface area (Å²) in [5.41, 5.74) is 1.62. The fourth-order valence-electron chi connectivity index (χ4n) is 2.20. The van der Waals surface area contributed by atoms with E-state index >= 15 is 0 Å². The Hall–Kier alpha value is -1.73. The molecule has 0 amide bonds. The smallest absolute Gasteiger partial charge is 0.224 e. The molecule has 3 rings (SSSR count). The summed E-state index contributed by atoms with van der Waals surface area (Å²) in [6.07, 6.45) is 2.91. The monoisotopic (exact) mass is 380 g/mol. The van der Waals surface area contributed by atoms with E-state index in [1.807, 2.05) is 6.07 Å². The van der Waals surface area contributed by atoms with E-state index in [-0.39, 0.29) is 12.4 Å². The van der Waals surface area contributed by atoms with Crippen molar-refractivity contribution in [3.8, 4) is 0 Å². The Balaban J connectivity index is 1.80. The van der Waals surface area contributed by atoms with Crippen molar-refractivity contribution >= 4 is 33.4 Å². The van der Waals surface area contributed by atoms with Gasteiger partial charge in [0, 0.05) is 30.8 Å². The molecule has 1 saturated carbocycles. The standard InChI is InChI=1S/C16H18BrFN4O/c17-12-5-4-11(8-13(12)18)20-15-9-14(10-2-3-10)21-16(22-15)19-6-1-7-23/h4-5,8-10,23H,1-3,6-7H2,(H2,19,20,21,22). The van der Waals surface area contributed by atoms with Crippen molar-refractivity contribution in [1.29, 1.82) is 0 Å². The molecule has 0 atom stereocenters. The minimum absolute atomic E-state index is 0.124. The number of aromatic nitrogens is 2. The van der Waals surface area contributed by atoms with Crippen molar-refractivity contribution in [2.75, 3.05) is 23.8 Å². The minimum Gasteiger partial charge on any atom is -0.396 e. The maximum Gasteiger partial charge on any atom is 0.224 e. The van der Waals surface area contributed by atoms with E-state index < -0.39 is 0 Å². The number of aliphatic hydroxyl groups excluding tert-OH is 1. The van der Waals surface area contributed by atoms with E-state index in [0.717, 1.165) is 18.5 Å². The lowest BCUT2D eigenvalue weighted by Crippen LogP contribution is -2.09. The van der Waals surface area contributed by atoms with E-state index in [2.05, 4.69) is 36.5 Å². The number of nitrogens with one attached hydrogen (secondary N) is 2. The minimum atomic E-state index is -0.326. The molecule has 1 aromatic heterocycles. The molecule has 0 bridgehead atoms. The molecule has 1 aromatic carbocycles. The Bertz CT molecular complexity index is 694. The first-order valence-corrected chi connectivity index (χ1v) is 8.41. The summed E-state index contributed by atoms with van der Waals surface area (Å²) >= 11 is 3.14. The van der Waals surface area contributed by atoms with Crippen LogP contribution in [-0.2, 0) is 0 Å². The highest BCUT2D eigenvalue weighted by Gasteiger charge is 2.26. The summed E-state index contributed by atoms with van der Waals surface area (Å²) in [7, 11) is 0. The van der Waals surface area contributed by atoms with Crippen LogP contribution in [0.2, 0.25) is 0 Å². The molecular formula is C16H18BrFN4O. The van der Waals surface area contributed by atoms with Crippen molar-refractivity contribution in [3.05, 3.63) is 40.2 Å². The molecule has 0 radical (unpaired) electrons. The fourth-order valence-corrected chi connectivity index (χ4v) is 2.44. The van der Waals surface area contributed by atoms with Gasteiger partial charge in [0.1, 0.15) is 11.6 Å². The van der Waals surface area contributed by atoms with Crippen LogP contribution >= 0.6 is 15.9 Å². The van der Waals surface area contributed by atoms with Gasteiger partial charge in [0.15, 0.2) is 0 Å². The van der Waals surface area contributed by atoms with Crippen LogP contribution in [0.5, 0.6) is 0 Å². The van der Waals surface area contributed by atoms with Gasteiger partial charge in [-0.25, -0.2) is 9.37 Å². The van der Waals surface area contributed by atoms with Gasteiger partial charge in [-0.05, 0) is 53.4 Å². The first-order chi connectivity index (χ1) is 11.2. The molecule has 0 unspecified atom stereocenters. The summed E-state index contributed by atoms with van der Waals surface area (Å²) < 4.78 is 14.1. The van der Waals surface area contributed by atoms with E-state index in [1.165, 1.54) is 6.07 Å². The van der Waals surface area contributed by atoms with Crippen molar-refractivity contribution in [3.63, 3.8) is 0 Å². The van der Waals surface area contributed by atoms with Gasteiger partial charge >= 0.3 is 0 Å². The zero-order valence-electron chi connectivity index (χ0n) is 12.5. The summed E-state index contributed by atoms with van der Waals surface area (Å²) in [5, 5.41) is 15.1. The third-order valence-electron chi connectivity index (χ3n) is 3.55. The Morgan fingerprint density at radius 1 is 1.26 bits per heavy atom. The fraction of sp³-hybridized carbons (Fsp3) is 0.375. The number of benzene rings is 1. The summed E-state index contributed by atoms with van der Waals surface area (Å²) in [6.45, 7) is 0.732. The van der Waals surface area contributed by atoms with Gasteiger partial charge in [0.2, 0.25) is 5.95 Å². The summed E-state index contributed by atoms with van der Waals surface area (Å²) in [6, 6.07) is 6.77. The number of nitrogens with zero attached hydrogens (tertiary/aromatic N) is 2. The number of hydrogen-bond acceptors (Lipinski definition) is 5. The van der Waals surface area contributed by atoms with Crippen LogP contribution in [0.1, 0.15) is 30.9 Å². The maximum absolute atomic E-state index is 13.6. The second-order valence-electron chi connectivity index (χ2n) is 5.53. The third kappa shape index (κ3) is 4.39. The molecule has 0 saturated heterocycles. The van der Waals surface area contributed by atoms with Crippen LogP contribution in [0.4, 0.5) is 21.8 Å². The first-order valence-electron chi connectivity index (χ1n) is 7.61. The molecule has 1 aliphatic rings. The summed E-state index contributed by atoms with van der Waals surface area (Å²) in [4.78, 5) is 8.93. The van der Waals surface area contributed by atoms with Crippen LogP contribution in [0.3, 0.4) is 0 Å². The van der Waals surface area contributed by atoms with Gasteiger partial charge in [-0.2, -0.15) is 4.98 Å². The van der Waals surface area contributed by atoms with Crippen LogP contribution in [-0.4, -0.2) is 28.2 Å². The lowest BCUT2D eigenvalue weighted by Gasteiger charge is -2.11. The van der Waals surface area contributed by atoms with Gasteiger partial charge < -0.3 is 15.7 Å². The van der Waals surface area contributed by atoms with E-state index in [9.17, 15) is 4.39 Å². The van der Waals surface area contributed by atoms with Crippen molar-refractivity contribution in [1.82, 2.24) is 9.97 Å². The zero-order chi connectivity index (χ0) is 16.2. The van der Waals surface area contributed by atoms with E-state index in [0.29, 0.717) is 40.8 Å². The Morgan fingerprint density at radius 3 is 2.78 bits per heavy atom. The number of rotatable bonds is 7. The summed E-state index contributed by atoms with van der Waals surface area (Å²) in [5.74, 6) is 1.32. The molecule has 3 N–H and O–H groups in total. The van der Waals surface area contributed by atoms with Crippen molar-refractivity contribution < 1.29 is 9.50 Å². The molecule has 5 nitrogen and oxygen atoms in total. The highest BCUT2D eigenvalue weighted by molar-refractivity contribution is 9.10. The number of halogens is 2. The second kappa shape index (κ2) is 7.23. The molecule has 23 heavy (non-hydrogen) atoms. The van der Waals surface area contributed by atoms with Gasteiger partial charge in [0.25, 0.3) is 0 Å². The maximum atomic E-state index is 13.6. The lowest BCUT2D eigenvalue weighted by atomic mass is 10.2. The molecule has 0 aliphatic heterocycles. The van der Waals surface area contributed by atoms with Crippen LogP contribution in [0, 0.1) is 5.82 Å². The first kappa shape index (κ1) is 16.1. The third-order valence-corrected chi connectivity index (χ3v) is 4.19. The molecule has 1 aliphatic carbocycles. The predicted molar refractivity (Wildman–Crippen MR) is 91.6 cm³/mol. The Morgan fingerprint density at radius 2 is 2.09 bits per heavy atom. The van der Waals surface area contributed by atoms with Crippen LogP contribution in [0.15, 0.2) is 28.7 Å². The number of hydrogen-bond donors (Lipinski definition) is 3. The van der Waals surface area contributed by atoms with E-state index in [4.69, 9.17) is 5.11 Å². The quantitative estimate of drug-likeness (QED) is 0.637. The van der Waals surface area contributed by atoms with Gasteiger partial charge in [-0.15, -0.1) is 0 Å². The molecule has 1 heterocycles. The number of aliphatic hydroxyl groups is 1. The van der Waals surface area contributed by atoms with Gasteiger partial charge in [0.05, 0.1) is 10.2 Å². The molecule has 2 aromatic rings. The van der Waals surface area contributed by atoms with Crippen LogP contribution in [0.25, 0.3) is 0 Å². The predicted octanol–water partition coefficient (Wildman–Crippen LogP) is 3.79. The molecule has 122 valence electrons. The SMILES string of the molecule is OCCCNc1nc(Nc2ccc(Br)c(F)c2)cc(C2CC2)n1. The second-order valence-corrected chi connectivity index (χ2v) is 6.39. The topological polar surface area (TPSA) is 70.1 Å². The van der Waals surface area contributed by atoms with Gasteiger partial charge in [-0.3, -0.25) is 0 Å². The average molecular weight is 381 g/mol. The zero-order valence-corrected chi connectivity index (χ0v) is 14.1. The van der Waals surface area contributed by atoms with Crippen molar-refractivity contribution in [2.45, 2.75) is 25.2 Å². The average Bonchev–Trinajstić information content (AvgIpc) is 3.36. The van der Waals surface area contributed by atoms with Gasteiger partial charge in [-0.1, -0.05) is 0 Å². The molecule has 0 spiro atoms. The van der Waals surface area contributed by atoms with Crippen molar-refractivity contribution in [2.24, 2.45) is 0 Å². The largest absolute Gasteiger partial charge is 0.396 e. The highest BCUT2D eigenvalue weighted by Crippen LogP contribution is 2.40. The van der Waals surface area contributed by atoms with E-state index in [1.54, 1.807) is 12.1 Å². The Labute approximate surface area is 142 Å². The highest BCUT2D eigenvalue weighted by atomic mass is 79.9. The number of anilines is 3. The Kier molecular flexibility index (Phi) is 5.07. The van der Waals surface area contributed by atoms with Crippen LogP contribution < -0.4 is 10.6 Å².